The topological polar surface area (TPSA) is 143 Å². The first-order valence-corrected chi connectivity index (χ1v) is 20.4. The van der Waals surface area contributed by atoms with Gasteiger partial charge >= 0.3 is 7.82 Å². The molecule has 2 atom stereocenters. The maximum Gasteiger partial charge on any atom is 0.471 e. The van der Waals surface area contributed by atoms with Crippen LogP contribution in [0.15, 0.2) is 66.6 Å². The molecule has 0 fully saturated rings. The van der Waals surface area contributed by atoms with E-state index in [9.17, 15) is 14.4 Å². The fourth-order valence-electron chi connectivity index (χ4n) is 3.80. The highest BCUT2D eigenvalue weighted by atomic mass is 128. The Labute approximate surface area is 259 Å². The predicted molar refractivity (Wildman–Crippen MR) is 167 cm³/mol. The average Bonchev–Trinajstić information content (AvgIpc) is 3.67. The van der Waals surface area contributed by atoms with E-state index in [4.69, 9.17) is 15.0 Å². The average molecular weight is 813 g/mol. The maximum atomic E-state index is 15.2. The molecule has 0 aliphatic rings. The highest BCUT2D eigenvalue weighted by Gasteiger charge is 2.45. The van der Waals surface area contributed by atoms with Gasteiger partial charge in [-0.25, -0.2) is 23.6 Å². The number of rotatable bonds is 10. The van der Waals surface area contributed by atoms with Crippen molar-refractivity contribution < 1.29 is 28.0 Å². The van der Waals surface area contributed by atoms with Crippen molar-refractivity contribution in [1.29, 1.82) is 5.26 Å². The fraction of sp³-hybridized carbons (Fsp3) is 0.280. The summed E-state index contributed by atoms with van der Waals surface area (Å²) in [6.45, 7) is 4.92. The zero-order chi connectivity index (χ0) is 29.8. The van der Waals surface area contributed by atoms with Crippen LogP contribution in [0.1, 0.15) is 42.8 Å². The van der Waals surface area contributed by atoms with E-state index in [1.54, 1.807) is 37.3 Å². The Balaban J connectivity index is 0.00000134. The molecule has 15 heteroatoms. The van der Waals surface area contributed by atoms with Crippen LogP contribution in [0.5, 0.6) is 0 Å². The summed E-state index contributed by atoms with van der Waals surface area (Å²) in [4.78, 5) is 27.1. The van der Waals surface area contributed by atoms with Gasteiger partial charge in [-0.15, -0.1) is 11.3 Å². The van der Waals surface area contributed by atoms with Crippen molar-refractivity contribution in [2.45, 2.75) is 38.8 Å². The van der Waals surface area contributed by atoms with Gasteiger partial charge in [-0.05, 0) is 18.2 Å². The minimum atomic E-state index is -4.86. The number of ether oxygens (including phenoxy) is 1. The molecule has 4 aromatic rings. The van der Waals surface area contributed by atoms with Crippen LogP contribution >= 0.6 is 56.4 Å². The van der Waals surface area contributed by atoms with Gasteiger partial charge in [-0.1, -0.05) is 51.1 Å². The quantitative estimate of drug-likeness (QED) is 0.0984. The molecule has 4 rings (SSSR count). The summed E-state index contributed by atoms with van der Waals surface area (Å²) in [6, 6.07) is 15.0. The second kappa shape index (κ2) is 16.6. The monoisotopic (exact) mass is 813 g/mol. The first-order valence-electron chi connectivity index (χ1n) is 11.7. The van der Waals surface area contributed by atoms with Crippen molar-refractivity contribution in [3.8, 4) is 17.3 Å². The number of hydrogen-bond donors (Lipinski definition) is 2. The summed E-state index contributed by atoms with van der Waals surface area (Å²) >= 11 is 5.56. The zero-order valence-electron chi connectivity index (χ0n) is 21.7. The number of nitriles is 1. The molecule has 10 nitrogen and oxygen atoms in total. The number of hydrogen-bond acceptors (Lipinski definition) is 8. The van der Waals surface area contributed by atoms with Gasteiger partial charge in [0.05, 0.1) is 28.9 Å². The summed E-state index contributed by atoms with van der Waals surface area (Å²) in [5, 5.41) is 15.6. The molecular weight excluding hydrogens is 786 g/mol. The van der Waals surface area contributed by atoms with E-state index in [2.05, 4.69) is 57.9 Å². The van der Waals surface area contributed by atoms with E-state index in [1.807, 2.05) is 19.2 Å². The van der Waals surface area contributed by atoms with Crippen LogP contribution in [0.2, 0.25) is 0 Å². The minimum Gasteiger partial charge on any atom is -0.341 e. The molecule has 0 amide bonds. The minimum absolute atomic E-state index is 0.0502. The van der Waals surface area contributed by atoms with E-state index in [-0.39, 0.29) is 12.1 Å². The number of phosphoric acid groups is 1. The number of thiazole rings is 1. The number of phosphoric ester groups is 1. The second-order valence-electron chi connectivity index (χ2n) is 7.83. The largest absolute Gasteiger partial charge is 0.471 e. The van der Waals surface area contributed by atoms with Crippen LogP contribution in [0.4, 0.5) is 4.39 Å². The van der Waals surface area contributed by atoms with Gasteiger partial charge in [0.1, 0.15) is 24.1 Å². The van der Waals surface area contributed by atoms with Gasteiger partial charge in [0.2, 0.25) is 0 Å². The number of nitrogens with zero attached hydrogens (tertiary/aromatic N) is 5. The highest BCUT2D eigenvalue weighted by Crippen LogP contribution is 2.45. The lowest BCUT2D eigenvalue weighted by atomic mass is 9.81. The molecule has 2 heterocycles. The maximum absolute atomic E-state index is 15.2. The first kappa shape index (κ1) is 34.4. The molecule has 0 saturated heterocycles. The van der Waals surface area contributed by atoms with Crippen molar-refractivity contribution in [3.05, 3.63) is 88.5 Å². The Morgan fingerprint density at radius 1 is 1.20 bits per heavy atom. The molecular formula is C25H27FI2N5O5PS. The summed E-state index contributed by atoms with van der Waals surface area (Å²) < 4.78 is 38.6. The number of halogens is 3. The third kappa shape index (κ3) is 9.08. The molecule has 214 valence electrons. The summed E-state index contributed by atoms with van der Waals surface area (Å²) in [5.74, 6) is -1.21. The van der Waals surface area contributed by atoms with Crippen LogP contribution in [0.25, 0.3) is 11.3 Å². The highest BCUT2D eigenvalue weighted by molar-refractivity contribution is 15.0. The van der Waals surface area contributed by atoms with Crippen LogP contribution in [0, 0.1) is 17.1 Å². The van der Waals surface area contributed by atoms with E-state index < -0.39 is 32.0 Å². The van der Waals surface area contributed by atoms with E-state index >= 15 is 4.39 Å². The molecule has 0 aliphatic carbocycles. The van der Waals surface area contributed by atoms with Crippen molar-refractivity contribution in [3.63, 3.8) is 0 Å². The van der Waals surface area contributed by atoms with Gasteiger partial charge < -0.3 is 14.5 Å². The summed E-state index contributed by atoms with van der Waals surface area (Å²) in [6.07, 6.45) is 2.74. The third-order valence-electron chi connectivity index (χ3n) is 5.63. The predicted octanol–water partition coefficient (Wildman–Crippen LogP) is 6.99. The van der Waals surface area contributed by atoms with Gasteiger partial charge in [0.15, 0.2) is 6.79 Å². The molecule has 0 saturated carbocycles. The molecule has 0 aliphatic heterocycles. The molecule has 2 N–H and O–H groups in total. The Morgan fingerprint density at radius 3 is 2.45 bits per heavy atom. The Bertz CT molecular complexity index is 1420. The normalized spacial score (nSPS) is 13.1. The van der Waals surface area contributed by atoms with E-state index in [1.165, 1.54) is 46.9 Å². The lowest BCUT2D eigenvalue weighted by Gasteiger charge is -2.38. The lowest BCUT2D eigenvalue weighted by Crippen LogP contribution is -2.41. The Kier molecular flexibility index (Phi) is 14.2. The first-order chi connectivity index (χ1) is 19.2. The van der Waals surface area contributed by atoms with E-state index in [0.29, 0.717) is 16.3 Å². The SMILES string of the molecule is CC.C[C@@H](c1nc(-c2ccc(C#N)cc2)cs1)[C@@](Cn1cncn1)(OCOP(=O)(O)O)c1ccccc1F.II. The third-order valence-corrected chi connectivity index (χ3v) is 7.10. The van der Waals surface area contributed by atoms with Gasteiger partial charge in [-0.2, -0.15) is 10.4 Å². The Hall–Kier alpha value is -1.84. The molecule has 2 aromatic heterocycles. The molecule has 0 radical (unpaired) electrons. The Morgan fingerprint density at radius 2 is 1.88 bits per heavy atom. The van der Waals surface area contributed by atoms with Gasteiger partial charge in [-0.3, -0.25) is 4.52 Å². The van der Waals surface area contributed by atoms with E-state index in [0.717, 1.165) is 5.56 Å². The fourth-order valence-corrected chi connectivity index (χ4v) is 4.95. The standard InChI is InChI=1S/C23H21FN5O5PS.C2H6.I2/c1-16(22-28-21(11-36-22)18-8-6-17(10-25)7-9-18)23(12-29-14-26-13-27-29,33-15-34-35(30,31)32)19-4-2-3-5-20(19)24;2*1-2/h2-9,11,13-14,16H,12,15H2,1H3,(H2,30,31,32);1-2H3;/t16-,23+;;/m0../s1. The van der Waals surface area contributed by atoms with Crippen molar-refractivity contribution >= 4 is 56.4 Å². The van der Waals surface area contributed by atoms with Gasteiger partial charge in [0.25, 0.3) is 0 Å². The van der Waals surface area contributed by atoms with Crippen LogP contribution in [0.3, 0.4) is 0 Å². The number of aromatic nitrogens is 4. The molecule has 0 bridgehead atoms. The van der Waals surface area contributed by atoms with Crippen LogP contribution < -0.4 is 0 Å². The van der Waals surface area contributed by atoms with Crippen molar-refractivity contribution in [1.82, 2.24) is 19.7 Å². The zero-order valence-corrected chi connectivity index (χ0v) is 27.7. The number of benzene rings is 2. The molecule has 2 aromatic carbocycles. The van der Waals surface area contributed by atoms with Crippen molar-refractivity contribution in [2.75, 3.05) is 6.79 Å². The molecule has 0 unspecified atom stereocenters. The van der Waals surface area contributed by atoms with Crippen molar-refractivity contribution in [2.24, 2.45) is 0 Å². The smallest absolute Gasteiger partial charge is 0.341 e. The molecule has 0 spiro atoms. The van der Waals surface area contributed by atoms with Crippen LogP contribution in [-0.2, 0) is 26.0 Å². The summed E-state index contributed by atoms with van der Waals surface area (Å²) in [5.41, 5.74) is 0.571. The molecule has 40 heavy (non-hydrogen) atoms. The summed E-state index contributed by atoms with van der Waals surface area (Å²) in [7, 11) is -4.86. The van der Waals surface area contributed by atoms with Crippen LogP contribution in [-0.4, -0.2) is 36.3 Å². The lowest BCUT2D eigenvalue weighted by molar-refractivity contribution is -0.140. The van der Waals surface area contributed by atoms with Gasteiger partial charge in [0, 0.05) is 59.7 Å². The second-order valence-corrected chi connectivity index (χ2v) is 9.96.